The molecule has 1 saturated heterocycles. The Morgan fingerprint density at radius 2 is 1.66 bits per heavy atom. The molecule has 3 unspecified atom stereocenters. The molecule has 166 valence electrons. The van der Waals surface area contributed by atoms with Crippen molar-refractivity contribution in [3.05, 3.63) is 34.0 Å². The van der Waals surface area contributed by atoms with Gasteiger partial charge in [-0.15, -0.1) is 0 Å². The van der Waals surface area contributed by atoms with Crippen LogP contribution in [0.4, 0.5) is 4.39 Å². The summed E-state index contributed by atoms with van der Waals surface area (Å²) in [6.07, 6.45) is -6.65. The molecule has 19 heteroatoms. The summed E-state index contributed by atoms with van der Waals surface area (Å²) in [6, 6.07) is 1.89. The van der Waals surface area contributed by atoms with Crippen molar-refractivity contribution in [1.82, 2.24) is 4.98 Å². The number of hydrogen-bond donors (Lipinski definition) is 7. The van der Waals surface area contributed by atoms with Gasteiger partial charge in [-0.05, 0) is 6.07 Å². The molecule has 2 rings (SSSR count). The monoisotopic (exact) mass is 485 g/mol. The first kappa shape index (κ1) is 24.4. The van der Waals surface area contributed by atoms with Crippen molar-refractivity contribution >= 4 is 23.5 Å². The molecule has 2 heterocycles. The topological polar surface area (TPSA) is 242 Å². The third-order valence-corrected chi connectivity index (χ3v) is 7.19. The molecule has 0 amide bonds. The Balaban J connectivity index is 2.05. The van der Waals surface area contributed by atoms with Crippen molar-refractivity contribution in [2.24, 2.45) is 0 Å². The van der Waals surface area contributed by atoms with Gasteiger partial charge in [0.1, 0.15) is 24.4 Å². The summed E-state index contributed by atoms with van der Waals surface area (Å²) in [5.74, 6) is -1.16. The van der Waals surface area contributed by atoms with Crippen LogP contribution in [0.1, 0.15) is 11.7 Å². The lowest BCUT2D eigenvalue weighted by atomic mass is 10.0. The molecule has 6 atom stereocenters. The van der Waals surface area contributed by atoms with Crippen LogP contribution in [0.3, 0.4) is 0 Å². The van der Waals surface area contributed by atoms with E-state index in [4.69, 9.17) is 19.4 Å². The number of aliphatic hydroxyl groups is 2. The van der Waals surface area contributed by atoms with E-state index in [9.17, 15) is 38.0 Å². The van der Waals surface area contributed by atoms with Gasteiger partial charge in [-0.1, -0.05) is 0 Å². The van der Waals surface area contributed by atoms with Gasteiger partial charge in [-0.3, -0.25) is 14.3 Å². The Morgan fingerprint density at radius 3 is 2.21 bits per heavy atom. The summed E-state index contributed by atoms with van der Waals surface area (Å²) >= 11 is 0. The van der Waals surface area contributed by atoms with E-state index in [1.165, 1.54) is 0 Å². The van der Waals surface area contributed by atoms with Crippen LogP contribution in [0.5, 0.6) is 0 Å². The lowest BCUT2D eigenvalue weighted by molar-refractivity contribution is -0.0233. The predicted molar refractivity (Wildman–Crippen MR) is 86.5 cm³/mol. The van der Waals surface area contributed by atoms with Gasteiger partial charge >= 0.3 is 23.5 Å². The fourth-order valence-corrected chi connectivity index (χ4v) is 5.32. The number of nitrogens with one attached hydrogen (secondary N) is 1. The number of aromatic nitrogens is 1. The maximum Gasteiger partial charge on any atom is 0.490 e. The standard InChI is InChI=1S/C10H15FNO14P3/c11-10-4(1-2-6(13)12-10)9-8(15)7(14)5(24-9)3-23-28(19,20)26-29(21,22)25-27(16,17)18/h1-2,5,7-9,14-15H,3H2,(H,12,13)(H,19,20)(H,21,22)(H2,16,17,18)/t5-,7?,8+,9+/m1/s1. The Labute approximate surface area is 160 Å². The van der Waals surface area contributed by atoms with Crippen LogP contribution in [0.25, 0.3) is 0 Å². The van der Waals surface area contributed by atoms with Crippen molar-refractivity contribution in [3.8, 4) is 0 Å². The number of aromatic amines is 1. The molecule has 1 aliphatic rings. The summed E-state index contributed by atoms with van der Waals surface area (Å²) in [4.78, 5) is 48.1. The Kier molecular flexibility index (Phi) is 7.36. The number of rotatable bonds is 8. The van der Waals surface area contributed by atoms with E-state index in [-0.39, 0.29) is 5.56 Å². The van der Waals surface area contributed by atoms with E-state index < -0.39 is 66.0 Å². The number of ether oxygens (including phenoxy) is 1. The van der Waals surface area contributed by atoms with E-state index in [2.05, 4.69) is 13.1 Å². The molecule has 0 aliphatic carbocycles. The number of aliphatic hydroxyl groups excluding tert-OH is 2. The summed E-state index contributed by atoms with van der Waals surface area (Å²) in [7, 11) is -16.8. The third kappa shape index (κ3) is 6.84. The minimum absolute atomic E-state index is 0.350. The van der Waals surface area contributed by atoms with Crippen LogP contribution >= 0.6 is 23.5 Å². The van der Waals surface area contributed by atoms with E-state index in [0.29, 0.717) is 0 Å². The Bertz CT molecular complexity index is 946. The largest absolute Gasteiger partial charge is 0.490 e. The molecule has 0 spiro atoms. The van der Waals surface area contributed by atoms with Crippen LogP contribution in [0, 0.1) is 5.95 Å². The molecule has 15 nitrogen and oxygen atoms in total. The van der Waals surface area contributed by atoms with Crippen LogP contribution in [0.15, 0.2) is 16.9 Å². The molecule has 29 heavy (non-hydrogen) atoms. The summed E-state index contributed by atoms with van der Waals surface area (Å²) in [5, 5.41) is 19.9. The second-order valence-electron chi connectivity index (χ2n) is 5.55. The highest BCUT2D eigenvalue weighted by atomic mass is 31.3. The van der Waals surface area contributed by atoms with Gasteiger partial charge in [0.2, 0.25) is 5.56 Å². The van der Waals surface area contributed by atoms with E-state index in [1.807, 2.05) is 0 Å². The van der Waals surface area contributed by atoms with Crippen LogP contribution in [-0.4, -0.2) is 59.7 Å². The number of hydrogen-bond acceptors (Lipinski definition) is 10. The smallest absolute Gasteiger partial charge is 0.387 e. The number of H-pyrrole nitrogens is 1. The minimum Gasteiger partial charge on any atom is -0.387 e. The molecule has 7 N–H and O–H groups in total. The SMILES string of the molecule is O=c1ccc([C@@H]2O[C@H](COP(=O)(O)OP(=O)(O)OP(=O)(O)O)C(O)[C@@H]2O)c(F)[nH]1. The average Bonchev–Trinajstić information content (AvgIpc) is 2.78. The van der Waals surface area contributed by atoms with Gasteiger partial charge < -0.3 is 34.5 Å². The summed E-state index contributed by atoms with van der Waals surface area (Å²) in [6.45, 7) is -1.05. The van der Waals surface area contributed by atoms with Gasteiger partial charge in [0.15, 0.2) is 5.95 Å². The first-order valence-electron chi connectivity index (χ1n) is 7.29. The van der Waals surface area contributed by atoms with Crippen molar-refractivity contribution in [2.75, 3.05) is 6.61 Å². The molecule has 0 aromatic carbocycles. The van der Waals surface area contributed by atoms with E-state index >= 15 is 0 Å². The molecule has 1 aromatic heterocycles. The fourth-order valence-electron chi connectivity index (χ4n) is 2.29. The van der Waals surface area contributed by atoms with Crippen molar-refractivity contribution in [2.45, 2.75) is 24.4 Å². The minimum atomic E-state index is -5.73. The van der Waals surface area contributed by atoms with Gasteiger partial charge in [0.05, 0.1) is 6.61 Å². The van der Waals surface area contributed by atoms with Crippen molar-refractivity contribution < 1.29 is 65.8 Å². The number of phosphoric acid groups is 3. The fraction of sp³-hybridized carbons (Fsp3) is 0.500. The maximum atomic E-state index is 13.8. The van der Waals surface area contributed by atoms with Crippen molar-refractivity contribution in [3.63, 3.8) is 0 Å². The molecule has 0 saturated carbocycles. The quantitative estimate of drug-likeness (QED) is 0.173. The predicted octanol–water partition coefficient (Wildman–Crippen LogP) is -0.981. The van der Waals surface area contributed by atoms with Gasteiger partial charge in [-0.2, -0.15) is 13.0 Å². The van der Waals surface area contributed by atoms with Crippen LogP contribution in [0.2, 0.25) is 0 Å². The van der Waals surface area contributed by atoms with Crippen LogP contribution < -0.4 is 5.56 Å². The first-order chi connectivity index (χ1) is 13.1. The zero-order valence-electron chi connectivity index (χ0n) is 13.8. The highest BCUT2D eigenvalue weighted by molar-refractivity contribution is 7.66. The van der Waals surface area contributed by atoms with E-state index in [1.54, 1.807) is 4.98 Å². The van der Waals surface area contributed by atoms with Gasteiger partial charge in [0, 0.05) is 11.6 Å². The Morgan fingerprint density at radius 1 is 1.03 bits per heavy atom. The van der Waals surface area contributed by atoms with Crippen molar-refractivity contribution in [1.29, 1.82) is 0 Å². The lowest BCUT2D eigenvalue weighted by Crippen LogP contribution is -2.33. The van der Waals surface area contributed by atoms with Crippen LogP contribution in [-0.2, 0) is 31.6 Å². The molecule has 1 aromatic rings. The average molecular weight is 485 g/mol. The Hall–Kier alpha value is -0.830. The molecular weight excluding hydrogens is 470 g/mol. The van der Waals surface area contributed by atoms with E-state index in [0.717, 1.165) is 12.1 Å². The second kappa shape index (κ2) is 8.73. The normalized spacial score (nSPS) is 29.3. The lowest BCUT2D eigenvalue weighted by Gasteiger charge is -2.19. The number of pyridine rings is 1. The molecular formula is C10H15FNO14P3. The number of phosphoric ester groups is 1. The number of halogens is 1. The highest BCUT2D eigenvalue weighted by Gasteiger charge is 2.47. The maximum absolute atomic E-state index is 13.8. The summed E-state index contributed by atoms with van der Waals surface area (Å²) in [5.41, 5.74) is -1.14. The zero-order valence-corrected chi connectivity index (χ0v) is 16.5. The molecule has 0 bridgehead atoms. The molecule has 0 radical (unpaired) electrons. The first-order valence-corrected chi connectivity index (χ1v) is 11.8. The second-order valence-corrected chi connectivity index (χ2v) is 9.97. The molecule has 1 aliphatic heterocycles. The zero-order chi connectivity index (χ0) is 22.2. The highest BCUT2D eigenvalue weighted by Crippen LogP contribution is 2.66. The summed E-state index contributed by atoms with van der Waals surface area (Å²) < 4.78 is 63.7. The van der Waals surface area contributed by atoms with Gasteiger partial charge in [-0.25, -0.2) is 13.7 Å². The molecule has 1 fully saturated rings. The third-order valence-electron chi connectivity index (χ3n) is 3.39. The van der Waals surface area contributed by atoms with Gasteiger partial charge in [0.25, 0.3) is 0 Å².